The van der Waals surface area contributed by atoms with Gasteiger partial charge < -0.3 is 5.32 Å². The van der Waals surface area contributed by atoms with E-state index >= 15 is 0 Å². The second-order valence-corrected chi connectivity index (χ2v) is 9.45. The van der Waals surface area contributed by atoms with Crippen LogP contribution < -0.4 is 5.32 Å². The fraction of sp³-hybridized carbons (Fsp3) is 0.500. The second-order valence-electron chi connectivity index (χ2n) is 3.95. The first kappa shape index (κ1) is 16.6. The van der Waals surface area contributed by atoms with Crippen LogP contribution in [0.3, 0.4) is 0 Å². The first-order valence-corrected chi connectivity index (χ1v) is 10.2. The van der Waals surface area contributed by atoms with Crippen molar-refractivity contribution in [1.82, 2.24) is 5.32 Å². The van der Waals surface area contributed by atoms with Gasteiger partial charge in [-0.15, -0.1) is 11.3 Å². The fourth-order valence-electron chi connectivity index (χ4n) is 1.22. The minimum absolute atomic E-state index is 0.00144. The summed E-state index contributed by atoms with van der Waals surface area (Å²) in [6.07, 6.45) is 2.21. The molecule has 2 atom stereocenters. The summed E-state index contributed by atoms with van der Waals surface area (Å²) in [6, 6.07) is 1.24. The summed E-state index contributed by atoms with van der Waals surface area (Å²) in [7, 11) is 0.461. The normalized spacial score (nSPS) is 14.9. The highest BCUT2D eigenvalue weighted by molar-refractivity contribution is 8.15. The van der Waals surface area contributed by atoms with Crippen LogP contribution in [0.25, 0.3) is 0 Å². The lowest BCUT2D eigenvalue weighted by Crippen LogP contribution is -2.27. The molecule has 0 fully saturated rings. The van der Waals surface area contributed by atoms with E-state index in [-0.39, 0.29) is 20.9 Å². The molecule has 0 aromatic carbocycles. The van der Waals surface area contributed by atoms with E-state index in [0.29, 0.717) is 13.0 Å². The Labute approximate surface area is 123 Å². The maximum atomic E-state index is 11.7. The highest BCUT2D eigenvalue weighted by atomic mass is 35.7. The summed E-state index contributed by atoms with van der Waals surface area (Å²) in [6.45, 7) is 2.23. The summed E-state index contributed by atoms with van der Waals surface area (Å²) in [4.78, 5) is 11.7. The SMILES string of the molecule is CC(CCNC(=O)c1csc(S(=O)(=O)Cl)c1)S(C)=O. The van der Waals surface area contributed by atoms with Crippen LogP contribution in [0, 0.1) is 0 Å². The minimum Gasteiger partial charge on any atom is -0.352 e. The summed E-state index contributed by atoms with van der Waals surface area (Å²) in [5.74, 6) is -0.364. The smallest absolute Gasteiger partial charge is 0.270 e. The average molecular weight is 344 g/mol. The fourth-order valence-corrected chi connectivity index (χ4v) is 3.62. The van der Waals surface area contributed by atoms with Crippen molar-refractivity contribution in [2.75, 3.05) is 12.8 Å². The van der Waals surface area contributed by atoms with Crippen LogP contribution in [0.1, 0.15) is 23.7 Å². The molecule has 0 bridgehead atoms. The molecule has 0 saturated carbocycles. The van der Waals surface area contributed by atoms with Crippen molar-refractivity contribution in [2.24, 2.45) is 0 Å². The van der Waals surface area contributed by atoms with Gasteiger partial charge in [0.1, 0.15) is 4.21 Å². The highest BCUT2D eigenvalue weighted by Gasteiger charge is 2.16. The van der Waals surface area contributed by atoms with Gasteiger partial charge >= 0.3 is 0 Å². The van der Waals surface area contributed by atoms with E-state index < -0.39 is 19.9 Å². The molecule has 0 spiro atoms. The van der Waals surface area contributed by atoms with Crippen molar-refractivity contribution < 1.29 is 17.4 Å². The number of hydrogen-bond donors (Lipinski definition) is 1. The number of thiophene rings is 1. The second kappa shape index (κ2) is 6.83. The lowest BCUT2D eigenvalue weighted by molar-refractivity contribution is 0.0953. The van der Waals surface area contributed by atoms with E-state index in [1.54, 1.807) is 6.26 Å². The summed E-state index contributed by atoms with van der Waals surface area (Å²) in [5, 5.41) is 4.08. The number of amides is 1. The Kier molecular flexibility index (Phi) is 5.97. The largest absolute Gasteiger partial charge is 0.352 e. The van der Waals surface area contributed by atoms with Gasteiger partial charge in [0.25, 0.3) is 15.0 Å². The monoisotopic (exact) mass is 343 g/mol. The number of carbonyl (C=O) groups is 1. The summed E-state index contributed by atoms with van der Waals surface area (Å²) in [5.41, 5.74) is 0.259. The first-order chi connectivity index (χ1) is 8.71. The van der Waals surface area contributed by atoms with E-state index in [2.05, 4.69) is 5.32 Å². The van der Waals surface area contributed by atoms with Crippen molar-refractivity contribution >= 4 is 47.8 Å². The lowest BCUT2D eigenvalue weighted by Gasteiger charge is -2.08. The average Bonchev–Trinajstić information content (AvgIpc) is 2.77. The minimum atomic E-state index is -3.79. The first-order valence-electron chi connectivity index (χ1n) is 5.35. The molecular weight excluding hydrogens is 330 g/mol. The molecule has 9 heteroatoms. The third kappa shape index (κ3) is 5.21. The Morgan fingerprint density at radius 3 is 2.68 bits per heavy atom. The Hall–Kier alpha value is -0.440. The molecule has 1 aromatic heterocycles. The van der Waals surface area contributed by atoms with Crippen molar-refractivity contribution in [2.45, 2.75) is 22.8 Å². The van der Waals surface area contributed by atoms with Gasteiger partial charge in [-0.25, -0.2) is 8.42 Å². The standard InChI is InChI=1S/C10H14ClNO4S3/c1-7(18(2)14)3-4-12-10(13)8-5-9(17-6-8)19(11,15)16/h5-7H,3-4H2,1-2H3,(H,12,13). The van der Waals surface area contributed by atoms with Crippen LogP contribution in [0.2, 0.25) is 0 Å². The van der Waals surface area contributed by atoms with Gasteiger partial charge in [-0.05, 0) is 12.5 Å². The number of nitrogens with one attached hydrogen (secondary N) is 1. The van der Waals surface area contributed by atoms with Crippen LogP contribution in [0.15, 0.2) is 15.7 Å². The van der Waals surface area contributed by atoms with Crippen LogP contribution in [-0.2, 0) is 19.9 Å². The topological polar surface area (TPSA) is 80.3 Å². The van der Waals surface area contributed by atoms with Crippen molar-refractivity contribution in [3.63, 3.8) is 0 Å². The van der Waals surface area contributed by atoms with E-state index in [4.69, 9.17) is 10.7 Å². The third-order valence-electron chi connectivity index (χ3n) is 2.48. The van der Waals surface area contributed by atoms with Gasteiger partial charge in [0.2, 0.25) is 0 Å². The maximum absolute atomic E-state index is 11.7. The van der Waals surface area contributed by atoms with Gasteiger partial charge in [-0.2, -0.15) is 0 Å². The van der Waals surface area contributed by atoms with Crippen LogP contribution in [0.4, 0.5) is 0 Å². The molecule has 0 aliphatic heterocycles. The van der Waals surface area contributed by atoms with Gasteiger partial charge in [0.05, 0.1) is 5.56 Å². The Morgan fingerprint density at radius 1 is 1.58 bits per heavy atom. The molecule has 0 radical (unpaired) electrons. The molecule has 108 valence electrons. The van der Waals surface area contributed by atoms with Crippen molar-refractivity contribution in [3.05, 3.63) is 17.0 Å². The Morgan fingerprint density at radius 2 is 2.21 bits per heavy atom. The molecule has 19 heavy (non-hydrogen) atoms. The molecule has 1 rings (SSSR count). The molecule has 0 aliphatic rings. The third-order valence-corrected chi connectivity index (χ3v) is 6.89. The quantitative estimate of drug-likeness (QED) is 0.795. The molecule has 0 aliphatic carbocycles. The predicted molar refractivity (Wildman–Crippen MR) is 77.8 cm³/mol. The molecule has 1 amide bonds. The Balaban J connectivity index is 2.55. The molecule has 1 aromatic rings. The van der Waals surface area contributed by atoms with E-state index in [1.165, 1.54) is 11.4 Å². The molecule has 1 heterocycles. The number of hydrogen-bond acceptors (Lipinski definition) is 5. The van der Waals surface area contributed by atoms with Gasteiger partial charge in [0, 0.05) is 44.9 Å². The number of rotatable bonds is 6. The van der Waals surface area contributed by atoms with Gasteiger partial charge in [-0.1, -0.05) is 6.92 Å². The van der Waals surface area contributed by atoms with E-state index in [1.807, 2.05) is 6.92 Å². The van der Waals surface area contributed by atoms with Crippen molar-refractivity contribution in [3.8, 4) is 0 Å². The van der Waals surface area contributed by atoms with E-state index in [0.717, 1.165) is 11.3 Å². The molecule has 5 nitrogen and oxygen atoms in total. The van der Waals surface area contributed by atoms with Crippen LogP contribution >= 0.6 is 22.0 Å². The molecule has 1 N–H and O–H groups in total. The lowest BCUT2D eigenvalue weighted by atomic mass is 10.3. The zero-order valence-corrected chi connectivity index (χ0v) is 13.6. The highest BCUT2D eigenvalue weighted by Crippen LogP contribution is 2.23. The molecule has 2 unspecified atom stereocenters. The summed E-state index contributed by atoms with van der Waals surface area (Å²) >= 11 is 0.900. The van der Waals surface area contributed by atoms with Crippen LogP contribution in [0.5, 0.6) is 0 Å². The maximum Gasteiger partial charge on any atom is 0.270 e. The summed E-state index contributed by atoms with van der Waals surface area (Å²) < 4.78 is 33.2. The van der Waals surface area contributed by atoms with Gasteiger partial charge in [-0.3, -0.25) is 9.00 Å². The molecular formula is C10H14ClNO4S3. The number of carbonyl (C=O) groups excluding carboxylic acids is 1. The zero-order chi connectivity index (χ0) is 14.6. The molecule has 0 saturated heterocycles. The predicted octanol–water partition coefficient (Wildman–Crippen LogP) is 1.56. The van der Waals surface area contributed by atoms with Crippen LogP contribution in [-0.4, -0.2) is 36.6 Å². The van der Waals surface area contributed by atoms with Gasteiger partial charge in [0.15, 0.2) is 0 Å². The zero-order valence-electron chi connectivity index (χ0n) is 10.4. The van der Waals surface area contributed by atoms with E-state index in [9.17, 15) is 17.4 Å². The number of halogens is 1. The Bertz CT molecular complexity index is 581. The van der Waals surface area contributed by atoms with Crippen molar-refractivity contribution in [1.29, 1.82) is 0 Å².